The average Bonchev–Trinajstić information content (AvgIpc) is 2.40. The maximum atomic E-state index is 9.61. The first kappa shape index (κ1) is 12.6. The van der Waals surface area contributed by atoms with Gasteiger partial charge in [0, 0.05) is 11.1 Å². The summed E-state index contributed by atoms with van der Waals surface area (Å²) in [5, 5.41) is 47.1. The molecule has 0 amide bonds. The van der Waals surface area contributed by atoms with Crippen LogP contribution in [0.25, 0.3) is 12.2 Å². The minimum absolute atomic E-state index is 0.250. The predicted molar refractivity (Wildman–Crippen MR) is 70.1 cm³/mol. The van der Waals surface area contributed by atoms with E-state index in [-0.39, 0.29) is 17.1 Å². The third-order valence-electron chi connectivity index (χ3n) is 2.65. The average molecular weight is 260 g/mol. The van der Waals surface area contributed by atoms with E-state index in [1.807, 2.05) is 0 Å². The van der Waals surface area contributed by atoms with Crippen molar-refractivity contribution in [3.05, 3.63) is 41.5 Å². The molecule has 2 rings (SSSR count). The Labute approximate surface area is 108 Å². The van der Waals surface area contributed by atoms with E-state index in [9.17, 15) is 25.5 Å². The summed E-state index contributed by atoms with van der Waals surface area (Å²) in [5.74, 6) is -2.02. The van der Waals surface area contributed by atoms with Gasteiger partial charge in [-0.2, -0.15) is 0 Å². The van der Waals surface area contributed by atoms with Crippen LogP contribution >= 0.6 is 0 Å². The molecule has 5 nitrogen and oxygen atoms in total. The van der Waals surface area contributed by atoms with Crippen LogP contribution in [0.15, 0.2) is 30.3 Å². The Hall–Kier alpha value is -2.82. The van der Waals surface area contributed by atoms with Gasteiger partial charge >= 0.3 is 0 Å². The normalized spacial score (nSPS) is 10.9. The van der Waals surface area contributed by atoms with Gasteiger partial charge in [0.1, 0.15) is 0 Å². The number of rotatable bonds is 2. The van der Waals surface area contributed by atoms with Crippen molar-refractivity contribution >= 4 is 12.2 Å². The molecule has 0 aromatic heterocycles. The van der Waals surface area contributed by atoms with Crippen molar-refractivity contribution in [2.45, 2.75) is 0 Å². The van der Waals surface area contributed by atoms with Crippen molar-refractivity contribution < 1.29 is 25.5 Å². The summed E-state index contributed by atoms with van der Waals surface area (Å²) in [5.41, 5.74) is 0.616. The molecule has 0 aliphatic rings. The molecule has 19 heavy (non-hydrogen) atoms. The Balaban J connectivity index is 2.38. The topological polar surface area (TPSA) is 101 Å². The second-order valence-electron chi connectivity index (χ2n) is 3.92. The van der Waals surface area contributed by atoms with Gasteiger partial charge in [-0.3, -0.25) is 0 Å². The third kappa shape index (κ3) is 2.40. The van der Waals surface area contributed by atoms with Crippen molar-refractivity contribution in [1.29, 1.82) is 0 Å². The highest BCUT2D eigenvalue weighted by Crippen LogP contribution is 2.38. The first-order chi connectivity index (χ1) is 9.00. The summed E-state index contributed by atoms with van der Waals surface area (Å²) in [6.45, 7) is 0. The quantitative estimate of drug-likeness (QED) is 0.421. The van der Waals surface area contributed by atoms with Gasteiger partial charge in [-0.15, -0.1) is 0 Å². The SMILES string of the molecule is Oc1cccc(/C=C/c2ccc(O)c(O)c2O)c1O. The van der Waals surface area contributed by atoms with Crippen molar-refractivity contribution in [3.8, 4) is 28.7 Å². The number of benzene rings is 2. The largest absolute Gasteiger partial charge is 0.504 e. The van der Waals surface area contributed by atoms with Gasteiger partial charge in [0.15, 0.2) is 23.0 Å². The number of hydrogen-bond acceptors (Lipinski definition) is 5. The standard InChI is InChI=1S/C14H12O5/c15-10-3-1-2-8(12(10)17)4-5-9-6-7-11(16)14(19)13(9)18/h1-7,15-19H/b5-4+. The monoisotopic (exact) mass is 260 g/mol. The Morgan fingerprint density at radius 2 is 1.16 bits per heavy atom. The molecule has 0 fully saturated rings. The fourth-order valence-electron chi connectivity index (χ4n) is 1.58. The highest BCUT2D eigenvalue weighted by molar-refractivity contribution is 5.77. The summed E-state index contributed by atoms with van der Waals surface area (Å²) >= 11 is 0. The van der Waals surface area contributed by atoms with E-state index in [4.69, 9.17) is 0 Å². The molecule has 0 spiro atoms. The lowest BCUT2D eigenvalue weighted by Gasteiger charge is -2.04. The zero-order chi connectivity index (χ0) is 14.0. The van der Waals surface area contributed by atoms with Crippen molar-refractivity contribution in [1.82, 2.24) is 0 Å². The minimum atomic E-state index is -0.609. The molecule has 0 saturated carbocycles. The molecule has 0 bridgehead atoms. The van der Waals surface area contributed by atoms with E-state index in [0.29, 0.717) is 5.56 Å². The lowest BCUT2D eigenvalue weighted by atomic mass is 10.1. The molecule has 0 aliphatic heterocycles. The van der Waals surface area contributed by atoms with Gasteiger partial charge in [-0.1, -0.05) is 24.3 Å². The van der Waals surface area contributed by atoms with Crippen molar-refractivity contribution in [2.24, 2.45) is 0 Å². The zero-order valence-electron chi connectivity index (χ0n) is 9.78. The van der Waals surface area contributed by atoms with Crippen LogP contribution in [0.4, 0.5) is 0 Å². The van der Waals surface area contributed by atoms with Gasteiger partial charge in [0.2, 0.25) is 5.75 Å². The first-order valence-electron chi connectivity index (χ1n) is 5.43. The van der Waals surface area contributed by atoms with E-state index in [0.717, 1.165) is 0 Å². The minimum Gasteiger partial charge on any atom is -0.504 e. The summed E-state index contributed by atoms with van der Waals surface area (Å²) in [7, 11) is 0. The van der Waals surface area contributed by atoms with Crippen LogP contribution in [0.2, 0.25) is 0 Å². The predicted octanol–water partition coefficient (Wildman–Crippen LogP) is 2.39. The van der Waals surface area contributed by atoms with Crippen LogP contribution < -0.4 is 0 Å². The molecule has 0 radical (unpaired) electrons. The molecule has 5 N–H and O–H groups in total. The molecule has 0 heterocycles. The summed E-state index contributed by atoms with van der Waals surface area (Å²) in [6, 6.07) is 7.11. The van der Waals surface area contributed by atoms with E-state index in [1.54, 1.807) is 12.1 Å². The van der Waals surface area contributed by atoms with E-state index < -0.39 is 17.2 Å². The van der Waals surface area contributed by atoms with Crippen LogP contribution in [0.1, 0.15) is 11.1 Å². The fraction of sp³-hybridized carbons (Fsp3) is 0. The zero-order valence-corrected chi connectivity index (χ0v) is 9.78. The Morgan fingerprint density at radius 1 is 0.579 bits per heavy atom. The number of phenolic OH excluding ortho intramolecular Hbond substituents is 5. The second-order valence-corrected chi connectivity index (χ2v) is 3.92. The van der Waals surface area contributed by atoms with E-state index in [1.165, 1.54) is 30.4 Å². The highest BCUT2D eigenvalue weighted by Gasteiger charge is 2.09. The summed E-state index contributed by atoms with van der Waals surface area (Å²) in [6.07, 6.45) is 2.89. The molecule has 0 atom stereocenters. The molecule has 98 valence electrons. The van der Waals surface area contributed by atoms with Crippen LogP contribution in [0.5, 0.6) is 28.7 Å². The van der Waals surface area contributed by atoms with Crippen LogP contribution in [-0.4, -0.2) is 25.5 Å². The van der Waals surface area contributed by atoms with Gasteiger partial charge in [-0.25, -0.2) is 0 Å². The van der Waals surface area contributed by atoms with Gasteiger partial charge in [-0.05, 0) is 18.2 Å². The molecular formula is C14H12O5. The van der Waals surface area contributed by atoms with Gasteiger partial charge in [0.25, 0.3) is 0 Å². The molecule has 2 aromatic rings. The molecule has 0 saturated heterocycles. The maximum absolute atomic E-state index is 9.61. The molecule has 5 heteroatoms. The van der Waals surface area contributed by atoms with Crippen molar-refractivity contribution in [3.63, 3.8) is 0 Å². The van der Waals surface area contributed by atoms with Crippen LogP contribution in [-0.2, 0) is 0 Å². The molecule has 0 aliphatic carbocycles. The first-order valence-corrected chi connectivity index (χ1v) is 5.43. The third-order valence-corrected chi connectivity index (χ3v) is 2.65. The summed E-state index contributed by atoms with van der Waals surface area (Å²) < 4.78 is 0. The van der Waals surface area contributed by atoms with Crippen molar-refractivity contribution in [2.75, 3.05) is 0 Å². The number of phenols is 5. The Bertz CT molecular complexity index is 647. The van der Waals surface area contributed by atoms with Gasteiger partial charge < -0.3 is 25.5 Å². The summed E-state index contributed by atoms with van der Waals surface area (Å²) in [4.78, 5) is 0. The number of hydrogen-bond donors (Lipinski definition) is 5. The Morgan fingerprint density at radius 3 is 1.84 bits per heavy atom. The number of para-hydroxylation sites is 1. The fourth-order valence-corrected chi connectivity index (χ4v) is 1.58. The number of aromatic hydroxyl groups is 5. The van der Waals surface area contributed by atoms with Crippen LogP contribution in [0.3, 0.4) is 0 Å². The van der Waals surface area contributed by atoms with Gasteiger partial charge in [0.05, 0.1) is 0 Å². The lowest BCUT2D eigenvalue weighted by molar-refractivity contribution is 0.367. The molecule has 0 unspecified atom stereocenters. The second kappa shape index (κ2) is 4.81. The highest BCUT2D eigenvalue weighted by atomic mass is 16.3. The Kier molecular flexibility index (Phi) is 3.20. The smallest absolute Gasteiger partial charge is 0.200 e. The molecular weight excluding hydrogens is 248 g/mol. The van der Waals surface area contributed by atoms with Crippen LogP contribution in [0, 0.1) is 0 Å². The molecule has 2 aromatic carbocycles. The lowest BCUT2D eigenvalue weighted by Crippen LogP contribution is -1.78. The van der Waals surface area contributed by atoms with E-state index >= 15 is 0 Å². The van der Waals surface area contributed by atoms with E-state index in [2.05, 4.69) is 0 Å². The maximum Gasteiger partial charge on any atom is 0.200 e.